The molecule has 0 spiro atoms. The molecule has 10 nitrogen and oxygen atoms in total. The number of aliphatic hydroxyl groups excluding tert-OH is 1. The number of amides is 1. The van der Waals surface area contributed by atoms with Gasteiger partial charge in [-0.15, -0.1) is 0 Å². The van der Waals surface area contributed by atoms with E-state index in [2.05, 4.69) is 37.1 Å². The molecule has 1 amide bonds. The maximum Gasteiger partial charge on any atom is 0.269 e. The molecule has 1 aromatic carbocycles. The van der Waals surface area contributed by atoms with Gasteiger partial charge in [-0.3, -0.25) is 9.48 Å². The Labute approximate surface area is 203 Å². The van der Waals surface area contributed by atoms with Gasteiger partial charge in [0.25, 0.3) is 5.91 Å². The molecule has 0 unspecified atom stereocenters. The first kappa shape index (κ1) is 22.8. The second-order valence-electron chi connectivity index (χ2n) is 9.72. The van der Waals surface area contributed by atoms with Crippen molar-refractivity contribution in [3.05, 3.63) is 47.3 Å². The largest absolute Gasteiger partial charge is 0.395 e. The highest BCUT2D eigenvalue weighted by molar-refractivity contribution is 5.94. The highest BCUT2D eigenvalue weighted by atomic mass is 16.3. The number of rotatable bonds is 7. The fourth-order valence-electron chi connectivity index (χ4n) is 4.26. The first-order valence-electron chi connectivity index (χ1n) is 11.8. The average molecular weight is 473 g/mol. The molecular weight excluding hydrogens is 444 g/mol. The van der Waals surface area contributed by atoms with Gasteiger partial charge in [-0.2, -0.15) is 10.4 Å². The zero-order valence-electron chi connectivity index (χ0n) is 20.0. The van der Waals surface area contributed by atoms with Crippen LogP contribution in [0.25, 0.3) is 11.3 Å². The number of nitriles is 1. The molecule has 3 heterocycles. The maximum absolute atomic E-state index is 12.7. The normalized spacial score (nSPS) is 18.6. The van der Waals surface area contributed by atoms with Gasteiger partial charge in [0.15, 0.2) is 5.82 Å². The Hall–Kier alpha value is -3.97. The van der Waals surface area contributed by atoms with Crippen LogP contribution in [0.15, 0.2) is 30.5 Å². The summed E-state index contributed by atoms with van der Waals surface area (Å²) < 4.78 is 1.69. The number of hydrogen-bond acceptors (Lipinski definition) is 8. The van der Waals surface area contributed by atoms with Crippen LogP contribution >= 0.6 is 0 Å². The Balaban J connectivity index is 1.45. The molecule has 0 radical (unpaired) electrons. The molecule has 1 aliphatic carbocycles. The molecule has 35 heavy (non-hydrogen) atoms. The number of aromatic nitrogens is 4. The maximum atomic E-state index is 12.7. The molecule has 0 bridgehead atoms. The molecule has 2 aliphatic rings. The first-order chi connectivity index (χ1) is 16.8. The van der Waals surface area contributed by atoms with Crippen molar-refractivity contribution in [3.8, 4) is 17.3 Å². The van der Waals surface area contributed by atoms with Crippen LogP contribution in [0.2, 0.25) is 0 Å². The number of aliphatic hydroxyl groups is 1. The summed E-state index contributed by atoms with van der Waals surface area (Å²) in [7, 11) is 0. The fourth-order valence-corrected chi connectivity index (χ4v) is 4.26. The van der Waals surface area contributed by atoms with E-state index in [0.29, 0.717) is 35.3 Å². The van der Waals surface area contributed by atoms with Crippen molar-refractivity contribution in [2.24, 2.45) is 0 Å². The molecule has 1 atom stereocenters. The van der Waals surface area contributed by atoms with Crippen molar-refractivity contribution < 1.29 is 9.90 Å². The van der Waals surface area contributed by atoms with E-state index < -0.39 is 5.41 Å². The molecule has 1 fully saturated rings. The van der Waals surface area contributed by atoms with Crippen molar-refractivity contribution >= 4 is 23.4 Å². The molecule has 1 saturated carbocycles. The number of carbonyl (C=O) groups is 1. The van der Waals surface area contributed by atoms with Gasteiger partial charge in [-0.25, -0.2) is 9.97 Å². The number of nitrogens with zero attached hydrogens (tertiary/aromatic N) is 5. The predicted octanol–water partition coefficient (Wildman–Crippen LogP) is 3.10. The molecule has 4 N–H and O–H groups in total. The highest BCUT2D eigenvalue weighted by Gasteiger charge is 2.36. The van der Waals surface area contributed by atoms with Crippen molar-refractivity contribution in [2.45, 2.75) is 51.1 Å². The summed E-state index contributed by atoms with van der Waals surface area (Å²) in [6.45, 7) is 6.43. The Morgan fingerprint density at radius 3 is 2.86 bits per heavy atom. The summed E-state index contributed by atoms with van der Waals surface area (Å²) in [5.74, 6) is 0.659. The van der Waals surface area contributed by atoms with Crippen LogP contribution in [0.3, 0.4) is 0 Å². The number of benzene rings is 1. The van der Waals surface area contributed by atoms with E-state index in [1.165, 1.54) is 0 Å². The summed E-state index contributed by atoms with van der Waals surface area (Å²) in [4.78, 5) is 21.6. The van der Waals surface area contributed by atoms with Gasteiger partial charge in [-0.1, -0.05) is 6.92 Å². The van der Waals surface area contributed by atoms with E-state index in [4.69, 9.17) is 0 Å². The van der Waals surface area contributed by atoms with Gasteiger partial charge in [0, 0.05) is 41.9 Å². The molecule has 1 aliphatic heterocycles. The van der Waals surface area contributed by atoms with Crippen LogP contribution in [-0.2, 0) is 5.41 Å². The smallest absolute Gasteiger partial charge is 0.269 e. The van der Waals surface area contributed by atoms with Crippen LogP contribution in [-0.4, -0.2) is 50.0 Å². The van der Waals surface area contributed by atoms with Crippen LogP contribution in [0.5, 0.6) is 0 Å². The quantitative estimate of drug-likeness (QED) is 0.411. The highest BCUT2D eigenvalue weighted by Crippen LogP contribution is 2.41. The Bertz CT molecular complexity index is 1340. The lowest BCUT2D eigenvalue weighted by Crippen LogP contribution is -2.28. The van der Waals surface area contributed by atoms with Crippen molar-refractivity contribution in [1.29, 1.82) is 5.26 Å². The van der Waals surface area contributed by atoms with Gasteiger partial charge in [0.05, 0.1) is 23.6 Å². The minimum absolute atomic E-state index is 0.00279. The van der Waals surface area contributed by atoms with E-state index in [1.807, 2.05) is 26.8 Å². The SMILES string of the molecule is CC(C)n1nc(Nc2nccc(-c3cc(C#N)c4c(c3)[C@@](C)(CO)CN4)n2)cc1C(=O)NC1CC1. The van der Waals surface area contributed by atoms with Crippen LogP contribution in [0.1, 0.15) is 61.3 Å². The summed E-state index contributed by atoms with van der Waals surface area (Å²) in [6.07, 6.45) is 3.65. The third kappa shape index (κ3) is 4.31. The predicted molar refractivity (Wildman–Crippen MR) is 131 cm³/mol. The van der Waals surface area contributed by atoms with Gasteiger partial charge >= 0.3 is 0 Å². The van der Waals surface area contributed by atoms with Crippen LogP contribution in [0, 0.1) is 11.3 Å². The van der Waals surface area contributed by atoms with Crippen molar-refractivity contribution in [2.75, 3.05) is 23.8 Å². The minimum atomic E-state index is -0.480. The molecular formula is C25H28N8O2. The van der Waals surface area contributed by atoms with E-state index in [-0.39, 0.29) is 24.6 Å². The summed E-state index contributed by atoms with van der Waals surface area (Å²) in [6, 6.07) is 9.73. The molecule has 10 heteroatoms. The second kappa shape index (κ2) is 8.67. The summed E-state index contributed by atoms with van der Waals surface area (Å²) >= 11 is 0. The first-order valence-corrected chi connectivity index (χ1v) is 11.8. The molecule has 5 rings (SSSR count). The lowest BCUT2D eigenvalue weighted by atomic mass is 9.83. The fraction of sp³-hybridized carbons (Fsp3) is 0.400. The zero-order chi connectivity index (χ0) is 24.7. The third-order valence-corrected chi connectivity index (χ3v) is 6.47. The van der Waals surface area contributed by atoms with E-state index in [1.54, 1.807) is 29.1 Å². The van der Waals surface area contributed by atoms with E-state index in [0.717, 1.165) is 29.7 Å². The number of anilines is 3. The molecule has 0 saturated heterocycles. The van der Waals surface area contributed by atoms with Crippen LogP contribution < -0.4 is 16.0 Å². The minimum Gasteiger partial charge on any atom is -0.395 e. The van der Waals surface area contributed by atoms with Crippen molar-refractivity contribution in [1.82, 2.24) is 25.1 Å². The average Bonchev–Trinajstić information content (AvgIpc) is 3.46. The Kier molecular flexibility index (Phi) is 5.65. The molecule has 3 aromatic rings. The molecule has 180 valence electrons. The summed E-state index contributed by atoms with van der Waals surface area (Å²) in [5, 5.41) is 33.6. The van der Waals surface area contributed by atoms with Gasteiger partial charge in [0.2, 0.25) is 5.95 Å². The van der Waals surface area contributed by atoms with Gasteiger partial charge in [0.1, 0.15) is 11.8 Å². The number of nitrogens with one attached hydrogen (secondary N) is 3. The van der Waals surface area contributed by atoms with E-state index in [9.17, 15) is 15.2 Å². The monoisotopic (exact) mass is 472 g/mol. The zero-order valence-corrected chi connectivity index (χ0v) is 20.0. The number of fused-ring (bicyclic) bond motifs is 1. The topological polar surface area (TPSA) is 141 Å². The Morgan fingerprint density at radius 1 is 1.37 bits per heavy atom. The van der Waals surface area contributed by atoms with Crippen LogP contribution in [0.4, 0.5) is 17.5 Å². The van der Waals surface area contributed by atoms with Gasteiger partial charge < -0.3 is 21.1 Å². The second-order valence-corrected chi connectivity index (χ2v) is 9.72. The number of hydrogen-bond donors (Lipinski definition) is 4. The Morgan fingerprint density at radius 2 is 2.17 bits per heavy atom. The van der Waals surface area contributed by atoms with Gasteiger partial charge in [-0.05, 0) is 50.5 Å². The standard InChI is InChI=1S/C25H28N8O2/c1-14(2)33-20(23(35)29-17-4-5-17)10-21(32-33)31-24-27-7-6-19(30-24)15-8-16(11-26)22-18(9-15)25(3,13-34)12-28-22/h6-10,14,17,28,34H,4-5,12-13H2,1-3H3,(H,29,35)(H,27,30,31,32)/t25-/m1/s1. The third-order valence-electron chi connectivity index (χ3n) is 6.47. The summed E-state index contributed by atoms with van der Waals surface area (Å²) in [5.41, 5.74) is 3.55. The van der Waals surface area contributed by atoms with Crippen molar-refractivity contribution in [3.63, 3.8) is 0 Å². The lowest BCUT2D eigenvalue weighted by Gasteiger charge is -2.21. The van der Waals surface area contributed by atoms with E-state index >= 15 is 0 Å². The number of carbonyl (C=O) groups excluding carboxylic acids is 1. The molecule has 2 aromatic heterocycles. The lowest BCUT2D eigenvalue weighted by molar-refractivity contribution is 0.0938.